The zero-order valence-electron chi connectivity index (χ0n) is 15.0. The molecule has 1 heterocycles. The molecule has 4 heteroatoms. The lowest BCUT2D eigenvalue weighted by atomic mass is 9.70. The third-order valence-electron chi connectivity index (χ3n) is 6.18. The van der Waals surface area contributed by atoms with Crippen molar-refractivity contribution in [2.24, 2.45) is 35.5 Å². The maximum absolute atomic E-state index is 12.5. The van der Waals surface area contributed by atoms with E-state index in [9.17, 15) is 4.79 Å². The second kappa shape index (κ2) is 7.10. The van der Waals surface area contributed by atoms with Crippen LogP contribution in [0.15, 0.2) is 0 Å². The van der Waals surface area contributed by atoms with E-state index in [-0.39, 0.29) is 18.7 Å². The topological polar surface area (TPSA) is 44.8 Å². The molecule has 132 valence electrons. The fourth-order valence-electron chi connectivity index (χ4n) is 5.43. The second-order valence-electron chi connectivity index (χ2n) is 8.03. The SMILES string of the molecule is CCC1OC(CC)C2C3CC(CC3C(=O)OCOCC(C)C)C12. The minimum absolute atomic E-state index is 0.0468. The summed E-state index contributed by atoms with van der Waals surface area (Å²) >= 11 is 0. The largest absolute Gasteiger partial charge is 0.438 e. The van der Waals surface area contributed by atoms with Crippen LogP contribution in [0, 0.1) is 35.5 Å². The van der Waals surface area contributed by atoms with Gasteiger partial charge in [-0.05, 0) is 55.3 Å². The lowest BCUT2D eigenvalue weighted by Crippen LogP contribution is -2.36. The monoisotopic (exact) mass is 324 g/mol. The summed E-state index contributed by atoms with van der Waals surface area (Å²) in [7, 11) is 0. The van der Waals surface area contributed by atoms with Gasteiger partial charge in [-0.25, -0.2) is 0 Å². The first kappa shape index (κ1) is 17.2. The molecule has 4 nitrogen and oxygen atoms in total. The van der Waals surface area contributed by atoms with E-state index in [1.165, 1.54) is 6.42 Å². The molecule has 0 spiro atoms. The summed E-state index contributed by atoms with van der Waals surface area (Å²) in [5.74, 6) is 2.84. The fraction of sp³-hybridized carbons (Fsp3) is 0.947. The first-order valence-electron chi connectivity index (χ1n) is 9.46. The molecule has 2 saturated carbocycles. The highest BCUT2D eigenvalue weighted by Crippen LogP contribution is 2.62. The molecule has 0 aromatic rings. The fourth-order valence-corrected chi connectivity index (χ4v) is 5.43. The van der Waals surface area contributed by atoms with Crippen molar-refractivity contribution in [1.29, 1.82) is 0 Å². The minimum Gasteiger partial charge on any atom is -0.438 e. The molecule has 3 rings (SSSR count). The van der Waals surface area contributed by atoms with Crippen LogP contribution in [0.3, 0.4) is 0 Å². The van der Waals surface area contributed by atoms with E-state index < -0.39 is 0 Å². The van der Waals surface area contributed by atoms with E-state index in [0.29, 0.717) is 48.4 Å². The normalized spacial score (nSPS) is 41.5. The summed E-state index contributed by atoms with van der Waals surface area (Å²) < 4.78 is 17.1. The molecule has 2 aliphatic carbocycles. The van der Waals surface area contributed by atoms with Gasteiger partial charge in [0.1, 0.15) is 0 Å². The second-order valence-corrected chi connectivity index (χ2v) is 8.03. The van der Waals surface area contributed by atoms with Gasteiger partial charge in [-0.1, -0.05) is 27.7 Å². The quantitative estimate of drug-likeness (QED) is 0.407. The van der Waals surface area contributed by atoms with Crippen LogP contribution in [0.2, 0.25) is 0 Å². The van der Waals surface area contributed by atoms with Gasteiger partial charge in [-0.15, -0.1) is 0 Å². The Labute approximate surface area is 140 Å². The van der Waals surface area contributed by atoms with Gasteiger partial charge < -0.3 is 14.2 Å². The summed E-state index contributed by atoms with van der Waals surface area (Å²) in [5, 5.41) is 0. The van der Waals surface area contributed by atoms with E-state index in [1.54, 1.807) is 0 Å². The van der Waals surface area contributed by atoms with Gasteiger partial charge >= 0.3 is 5.97 Å². The number of esters is 1. The average molecular weight is 324 g/mol. The molecule has 7 unspecified atom stereocenters. The molecule has 0 aromatic carbocycles. The smallest absolute Gasteiger partial charge is 0.311 e. The van der Waals surface area contributed by atoms with Crippen molar-refractivity contribution in [2.75, 3.05) is 13.4 Å². The van der Waals surface area contributed by atoms with Crippen LogP contribution in [-0.4, -0.2) is 31.6 Å². The molecule has 3 aliphatic rings. The van der Waals surface area contributed by atoms with Crippen molar-refractivity contribution in [3.8, 4) is 0 Å². The maximum atomic E-state index is 12.5. The molecule has 1 saturated heterocycles. The Kier molecular flexibility index (Phi) is 5.32. The van der Waals surface area contributed by atoms with Crippen molar-refractivity contribution >= 4 is 5.97 Å². The molecular weight excluding hydrogens is 292 g/mol. The lowest BCUT2D eigenvalue weighted by Gasteiger charge is -2.32. The molecule has 3 fully saturated rings. The highest BCUT2D eigenvalue weighted by Gasteiger charge is 2.62. The van der Waals surface area contributed by atoms with Crippen molar-refractivity contribution in [2.45, 2.75) is 65.6 Å². The Morgan fingerprint density at radius 1 is 1.13 bits per heavy atom. The van der Waals surface area contributed by atoms with Gasteiger partial charge in [0.05, 0.1) is 24.7 Å². The predicted octanol–water partition coefficient (Wildman–Crippen LogP) is 3.64. The van der Waals surface area contributed by atoms with Gasteiger partial charge in [0.25, 0.3) is 0 Å². The molecule has 0 aromatic heterocycles. The summed E-state index contributed by atoms with van der Waals surface area (Å²) in [4.78, 5) is 12.5. The molecule has 2 bridgehead atoms. The zero-order chi connectivity index (χ0) is 16.6. The molecule has 0 N–H and O–H groups in total. The van der Waals surface area contributed by atoms with Crippen molar-refractivity contribution in [1.82, 2.24) is 0 Å². The van der Waals surface area contributed by atoms with Crippen LogP contribution in [0.1, 0.15) is 53.4 Å². The number of fused-ring (bicyclic) bond motifs is 5. The van der Waals surface area contributed by atoms with Crippen molar-refractivity contribution in [3.05, 3.63) is 0 Å². The van der Waals surface area contributed by atoms with Gasteiger partial charge in [0, 0.05) is 0 Å². The molecule has 0 amide bonds. The summed E-state index contributed by atoms with van der Waals surface area (Å²) in [6, 6.07) is 0. The van der Waals surface area contributed by atoms with Crippen molar-refractivity contribution in [3.63, 3.8) is 0 Å². The molecule has 23 heavy (non-hydrogen) atoms. The third-order valence-corrected chi connectivity index (χ3v) is 6.18. The van der Waals surface area contributed by atoms with E-state index in [1.807, 2.05) is 0 Å². The molecule has 0 radical (unpaired) electrons. The Balaban J connectivity index is 1.57. The predicted molar refractivity (Wildman–Crippen MR) is 87.7 cm³/mol. The first-order chi connectivity index (χ1) is 11.1. The number of carbonyl (C=O) groups excluding carboxylic acids is 1. The standard InChI is InChI=1S/C19H32O4/c1-5-15-17-12-7-13(18(17)16(6-2)23-15)14(8-12)19(20)22-10-21-9-11(3)4/h11-18H,5-10H2,1-4H3. The molecule has 1 aliphatic heterocycles. The highest BCUT2D eigenvalue weighted by atomic mass is 16.7. The Bertz CT molecular complexity index is 422. The summed E-state index contributed by atoms with van der Waals surface area (Å²) in [6.45, 7) is 9.35. The average Bonchev–Trinajstić information content (AvgIpc) is 3.20. The number of carbonyl (C=O) groups is 1. The van der Waals surface area contributed by atoms with Crippen molar-refractivity contribution < 1.29 is 19.0 Å². The summed E-state index contributed by atoms with van der Waals surface area (Å²) in [6.07, 6.45) is 5.09. The van der Waals surface area contributed by atoms with E-state index in [2.05, 4.69) is 27.7 Å². The molecule has 7 atom stereocenters. The maximum Gasteiger partial charge on any atom is 0.311 e. The first-order valence-corrected chi connectivity index (χ1v) is 9.46. The van der Waals surface area contributed by atoms with E-state index >= 15 is 0 Å². The number of rotatable bonds is 7. The lowest BCUT2D eigenvalue weighted by molar-refractivity contribution is -0.165. The van der Waals surface area contributed by atoms with E-state index in [0.717, 1.165) is 19.3 Å². The van der Waals surface area contributed by atoms with Crippen LogP contribution in [0.5, 0.6) is 0 Å². The Morgan fingerprint density at radius 3 is 2.48 bits per heavy atom. The van der Waals surface area contributed by atoms with Gasteiger partial charge in [0.15, 0.2) is 6.79 Å². The number of hydrogen-bond donors (Lipinski definition) is 0. The zero-order valence-corrected chi connectivity index (χ0v) is 15.0. The Morgan fingerprint density at radius 2 is 1.83 bits per heavy atom. The van der Waals surface area contributed by atoms with Gasteiger partial charge in [0.2, 0.25) is 0 Å². The van der Waals surface area contributed by atoms with Crippen LogP contribution in [0.25, 0.3) is 0 Å². The van der Waals surface area contributed by atoms with Crippen LogP contribution >= 0.6 is 0 Å². The third kappa shape index (κ3) is 3.17. The van der Waals surface area contributed by atoms with Crippen LogP contribution in [-0.2, 0) is 19.0 Å². The van der Waals surface area contributed by atoms with Crippen LogP contribution < -0.4 is 0 Å². The van der Waals surface area contributed by atoms with Gasteiger partial charge in [-0.3, -0.25) is 4.79 Å². The minimum atomic E-state index is -0.0468. The van der Waals surface area contributed by atoms with E-state index in [4.69, 9.17) is 14.2 Å². The number of ether oxygens (including phenoxy) is 3. The van der Waals surface area contributed by atoms with Gasteiger partial charge in [-0.2, -0.15) is 0 Å². The highest BCUT2D eigenvalue weighted by molar-refractivity contribution is 5.73. The Hall–Kier alpha value is -0.610. The van der Waals surface area contributed by atoms with Crippen LogP contribution in [0.4, 0.5) is 0 Å². The molecular formula is C19H32O4. The number of hydrogen-bond acceptors (Lipinski definition) is 4. The summed E-state index contributed by atoms with van der Waals surface area (Å²) in [5.41, 5.74) is 0.